The van der Waals surface area contributed by atoms with E-state index < -0.39 is 15.8 Å². The fourth-order valence-electron chi connectivity index (χ4n) is 2.50. The molecule has 1 saturated heterocycles. The molecule has 1 heterocycles. The Morgan fingerprint density at radius 3 is 2.90 bits per heavy atom. The van der Waals surface area contributed by atoms with E-state index in [0.29, 0.717) is 18.7 Å². The van der Waals surface area contributed by atoms with Crippen LogP contribution in [-0.4, -0.2) is 46.1 Å². The summed E-state index contributed by atoms with van der Waals surface area (Å²) in [6.07, 6.45) is 1.55. The number of sulfonamides is 1. The van der Waals surface area contributed by atoms with Crippen molar-refractivity contribution < 1.29 is 17.5 Å². The summed E-state index contributed by atoms with van der Waals surface area (Å²) in [7, 11) is -0.328. The molecule has 21 heavy (non-hydrogen) atoms. The predicted octanol–water partition coefficient (Wildman–Crippen LogP) is 1.34. The van der Waals surface area contributed by atoms with Crippen LogP contribution in [-0.2, 0) is 21.3 Å². The average Bonchev–Trinajstić information content (AvgIpc) is 2.49. The van der Waals surface area contributed by atoms with Crippen LogP contribution >= 0.6 is 0 Å². The van der Waals surface area contributed by atoms with Gasteiger partial charge in [0.05, 0.1) is 11.0 Å². The van der Waals surface area contributed by atoms with E-state index in [1.165, 1.54) is 22.5 Å². The molecule has 0 spiro atoms. The molecular weight excluding hydrogens is 295 g/mol. The minimum atomic E-state index is -3.60. The van der Waals surface area contributed by atoms with Gasteiger partial charge in [-0.2, -0.15) is 4.31 Å². The van der Waals surface area contributed by atoms with Gasteiger partial charge in [0.25, 0.3) is 0 Å². The van der Waals surface area contributed by atoms with Gasteiger partial charge in [0.1, 0.15) is 5.82 Å². The highest BCUT2D eigenvalue weighted by Crippen LogP contribution is 2.23. The number of methoxy groups -OCH3 is 1. The van der Waals surface area contributed by atoms with Gasteiger partial charge in [-0.1, -0.05) is 0 Å². The van der Waals surface area contributed by atoms with Crippen molar-refractivity contribution in [2.24, 2.45) is 0 Å². The molecule has 1 aliphatic rings. The lowest BCUT2D eigenvalue weighted by molar-refractivity contribution is 0.0572. The Morgan fingerprint density at radius 2 is 2.24 bits per heavy atom. The Kier molecular flexibility index (Phi) is 5.32. The summed E-state index contributed by atoms with van der Waals surface area (Å²) in [6.45, 7) is 1.11. The van der Waals surface area contributed by atoms with Crippen molar-refractivity contribution in [3.8, 4) is 0 Å². The van der Waals surface area contributed by atoms with Gasteiger partial charge in [-0.3, -0.25) is 0 Å². The van der Waals surface area contributed by atoms with Gasteiger partial charge < -0.3 is 10.1 Å². The van der Waals surface area contributed by atoms with Crippen LogP contribution in [0.4, 0.5) is 4.39 Å². The van der Waals surface area contributed by atoms with E-state index >= 15 is 0 Å². The number of benzene rings is 1. The van der Waals surface area contributed by atoms with E-state index in [2.05, 4.69) is 5.32 Å². The fourth-order valence-corrected chi connectivity index (χ4v) is 4.06. The molecule has 1 aromatic carbocycles. The molecule has 0 aliphatic carbocycles. The first-order valence-corrected chi connectivity index (χ1v) is 8.39. The lowest BCUT2D eigenvalue weighted by Crippen LogP contribution is -2.42. The molecule has 1 N–H and O–H groups in total. The van der Waals surface area contributed by atoms with E-state index in [1.54, 1.807) is 14.2 Å². The number of halogens is 1. The number of rotatable bonds is 5. The standard InChI is InChI=1S/C14H21FN2O3S/c1-16-9-11-8-13(5-6-14(11)15)21(18,19)17-7-3-4-12(10-17)20-2/h5-6,8,12,16H,3-4,7,9-10H2,1-2H3. The molecule has 5 nitrogen and oxygen atoms in total. The number of piperidine rings is 1. The molecule has 118 valence electrons. The van der Waals surface area contributed by atoms with E-state index in [1.807, 2.05) is 0 Å². The van der Waals surface area contributed by atoms with Crippen LogP contribution in [0.15, 0.2) is 23.1 Å². The monoisotopic (exact) mass is 316 g/mol. The molecule has 1 aromatic rings. The van der Waals surface area contributed by atoms with Crippen LogP contribution in [0, 0.1) is 5.82 Å². The third-order valence-electron chi connectivity index (χ3n) is 3.70. The average molecular weight is 316 g/mol. The second kappa shape index (κ2) is 6.83. The molecule has 1 unspecified atom stereocenters. The highest BCUT2D eigenvalue weighted by Gasteiger charge is 2.30. The van der Waals surface area contributed by atoms with Gasteiger partial charge in [0.2, 0.25) is 10.0 Å². The number of nitrogens with zero attached hydrogens (tertiary/aromatic N) is 1. The van der Waals surface area contributed by atoms with Gasteiger partial charge in [-0.25, -0.2) is 12.8 Å². The Morgan fingerprint density at radius 1 is 1.48 bits per heavy atom. The molecule has 0 saturated carbocycles. The predicted molar refractivity (Wildman–Crippen MR) is 78.0 cm³/mol. The maximum Gasteiger partial charge on any atom is 0.243 e. The minimum absolute atomic E-state index is 0.0780. The zero-order chi connectivity index (χ0) is 15.5. The molecule has 0 aromatic heterocycles. The van der Waals surface area contributed by atoms with Crippen molar-refractivity contribution in [2.45, 2.75) is 30.4 Å². The molecule has 0 bridgehead atoms. The van der Waals surface area contributed by atoms with Gasteiger partial charge in [0.15, 0.2) is 0 Å². The Hall–Kier alpha value is -1.02. The van der Waals surface area contributed by atoms with Crippen LogP contribution in [0.1, 0.15) is 18.4 Å². The van der Waals surface area contributed by atoms with Gasteiger partial charge in [-0.15, -0.1) is 0 Å². The maximum absolute atomic E-state index is 13.6. The first-order chi connectivity index (χ1) is 9.98. The fraction of sp³-hybridized carbons (Fsp3) is 0.571. The quantitative estimate of drug-likeness (QED) is 0.891. The topological polar surface area (TPSA) is 58.6 Å². The second-order valence-electron chi connectivity index (χ2n) is 5.15. The Bertz CT molecular complexity index is 592. The van der Waals surface area contributed by atoms with E-state index in [0.717, 1.165) is 12.8 Å². The zero-order valence-electron chi connectivity index (χ0n) is 12.3. The van der Waals surface area contributed by atoms with Crippen molar-refractivity contribution in [1.29, 1.82) is 0 Å². The van der Waals surface area contributed by atoms with E-state index in [-0.39, 0.29) is 17.5 Å². The zero-order valence-corrected chi connectivity index (χ0v) is 13.1. The molecule has 1 aliphatic heterocycles. The number of nitrogens with one attached hydrogen (secondary N) is 1. The molecule has 2 rings (SSSR count). The SMILES string of the molecule is CNCc1cc(S(=O)(=O)N2CCCC(OC)C2)ccc1F. The highest BCUT2D eigenvalue weighted by molar-refractivity contribution is 7.89. The third kappa shape index (κ3) is 3.60. The first-order valence-electron chi connectivity index (χ1n) is 6.95. The van der Waals surface area contributed by atoms with Crippen LogP contribution in [0.5, 0.6) is 0 Å². The normalized spacial score (nSPS) is 20.6. The van der Waals surface area contributed by atoms with E-state index in [4.69, 9.17) is 4.74 Å². The summed E-state index contributed by atoms with van der Waals surface area (Å²) >= 11 is 0. The second-order valence-corrected chi connectivity index (χ2v) is 7.08. The third-order valence-corrected chi connectivity index (χ3v) is 5.56. The lowest BCUT2D eigenvalue weighted by Gasteiger charge is -2.31. The van der Waals surface area contributed by atoms with Gasteiger partial charge in [-0.05, 0) is 38.1 Å². The summed E-state index contributed by atoms with van der Waals surface area (Å²) in [5.74, 6) is -0.406. The Labute approximate surface area is 125 Å². The Balaban J connectivity index is 2.28. The van der Waals surface area contributed by atoms with Crippen molar-refractivity contribution >= 4 is 10.0 Å². The lowest BCUT2D eigenvalue weighted by atomic mass is 10.1. The van der Waals surface area contributed by atoms with Crippen LogP contribution < -0.4 is 5.32 Å². The molecular formula is C14H21FN2O3S. The molecule has 7 heteroatoms. The van der Waals surface area contributed by atoms with Crippen molar-refractivity contribution in [3.63, 3.8) is 0 Å². The summed E-state index contributed by atoms with van der Waals surface area (Å²) in [6, 6.07) is 3.93. The van der Waals surface area contributed by atoms with Gasteiger partial charge >= 0.3 is 0 Å². The number of hydrogen-bond acceptors (Lipinski definition) is 4. The van der Waals surface area contributed by atoms with Crippen molar-refractivity contribution in [1.82, 2.24) is 9.62 Å². The minimum Gasteiger partial charge on any atom is -0.380 e. The van der Waals surface area contributed by atoms with E-state index in [9.17, 15) is 12.8 Å². The molecule has 1 fully saturated rings. The summed E-state index contributed by atoms with van der Waals surface area (Å²) in [4.78, 5) is 0.130. The largest absolute Gasteiger partial charge is 0.380 e. The van der Waals surface area contributed by atoms with Crippen molar-refractivity contribution in [3.05, 3.63) is 29.6 Å². The first kappa shape index (κ1) is 16.4. The summed E-state index contributed by atoms with van der Waals surface area (Å²) < 4.78 is 45.6. The van der Waals surface area contributed by atoms with Crippen LogP contribution in [0.2, 0.25) is 0 Å². The maximum atomic E-state index is 13.6. The molecule has 0 amide bonds. The highest BCUT2D eigenvalue weighted by atomic mass is 32.2. The molecule has 1 atom stereocenters. The van der Waals surface area contributed by atoms with Gasteiger partial charge in [0, 0.05) is 32.3 Å². The smallest absolute Gasteiger partial charge is 0.243 e. The van der Waals surface area contributed by atoms with Crippen molar-refractivity contribution in [2.75, 3.05) is 27.2 Å². The summed E-state index contributed by atoms with van der Waals surface area (Å²) in [5, 5.41) is 2.83. The number of ether oxygens (including phenoxy) is 1. The molecule has 0 radical (unpaired) electrons. The van der Waals surface area contributed by atoms with Crippen LogP contribution in [0.3, 0.4) is 0 Å². The summed E-state index contributed by atoms with van der Waals surface area (Å²) in [5.41, 5.74) is 0.346. The number of hydrogen-bond donors (Lipinski definition) is 1. The van der Waals surface area contributed by atoms with Crippen LogP contribution in [0.25, 0.3) is 0 Å².